The number of carbonyl (C=O) groups excluding carboxylic acids is 1. The quantitative estimate of drug-likeness (QED) is 0.807. The molecule has 0 atom stereocenters. The third kappa shape index (κ3) is 4.45. The van der Waals surface area contributed by atoms with Crippen molar-refractivity contribution >= 4 is 16.9 Å². The summed E-state index contributed by atoms with van der Waals surface area (Å²) in [5, 5.41) is 1.02. The molecule has 2 rings (SSSR count). The summed E-state index contributed by atoms with van der Waals surface area (Å²) >= 11 is 0. The molecule has 0 amide bonds. The summed E-state index contributed by atoms with van der Waals surface area (Å²) in [5.74, 6) is 0.616. The zero-order chi connectivity index (χ0) is 15.5. The molecule has 21 heavy (non-hydrogen) atoms. The number of hydrogen-bond acceptors (Lipinski definition) is 4. The maximum Gasteiger partial charge on any atom is 0.306 e. The first-order valence-corrected chi connectivity index (χ1v) is 7.03. The molecule has 0 bridgehead atoms. The normalized spacial score (nSPS) is 11.4. The zero-order valence-corrected chi connectivity index (χ0v) is 13.0. The number of aryl methyl sites for hydroxylation is 1. The zero-order valence-electron chi connectivity index (χ0n) is 13.0. The van der Waals surface area contributed by atoms with Crippen LogP contribution in [0.15, 0.2) is 30.3 Å². The molecule has 112 valence electrons. The van der Waals surface area contributed by atoms with E-state index in [0.717, 1.165) is 22.3 Å². The van der Waals surface area contributed by atoms with Gasteiger partial charge in [-0.1, -0.05) is 6.07 Å². The molecule has 0 aliphatic rings. The lowest BCUT2D eigenvalue weighted by Crippen LogP contribution is -2.24. The average molecular weight is 287 g/mol. The van der Waals surface area contributed by atoms with Crippen molar-refractivity contribution in [2.75, 3.05) is 7.11 Å². The number of benzene rings is 1. The molecule has 0 aliphatic heterocycles. The van der Waals surface area contributed by atoms with Crippen LogP contribution in [0.1, 0.15) is 32.9 Å². The fraction of sp³-hybridized carbons (Fsp3) is 0.412. The Balaban J connectivity index is 2.04. The topological polar surface area (TPSA) is 48.4 Å². The fourth-order valence-electron chi connectivity index (χ4n) is 2.03. The maximum atomic E-state index is 11.7. The lowest BCUT2D eigenvalue weighted by molar-refractivity contribution is -0.154. The molecule has 0 unspecified atom stereocenters. The number of hydrogen-bond donors (Lipinski definition) is 0. The summed E-state index contributed by atoms with van der Waals surface area (Å²) in [5.41, 5.74) is 1.35. The van der Waals surface area contributed by atoms with Gasteiger partial charge in [-0.15, -0.1) is 0 Å². The fourth-order valence-corrected chi connectivity index (χ4v) is 2.03. The van der Waals surface area contributed by atoms with Crippen molar-refractivity contribution in [3.8, 4) is 5.75 Å². The van der Waals surface area contributed by atoms with Crippen LogP contribution in [-0.4, -0.2) is 23.7 Å². The number of carbonyl (C=O) groups is 1. The molecule has 2 aromatic rings. The van der Waals surface area contributed by atoms with E-state index in [9.17, 15) is 4.79 Å². The monoisotopic (exact) mass is 287 g/mol. The number of aromatic nitrogens is 1. The minimum absolute atomic E-state index is 0.195. The predicted molar refractivity (Wildman–Crippen MR) is 82.5 cm³/mol. The Morgan fingerprint density at radius 3 is 2.62 bits per heavy atom. The van der Waals surface area contributed by atoms with Gasteiger partial charge < -0.3 is 9.47 Å². The van der Waals surface area contributed by atoms with Crippen LogP contribution in [0.25, 0.3) is 10.9 Å². The maximum absolute atomic E-state index is 11.7. The molecular formula is C17H21NO3. The molecule has 0 spiro atoms. The molecule has 4 heteroatoms. The van der Waals surface area contributed by atoms with Gasteiger partial charge in [-0.3, -0.25) is 9.78 Å². The van der Waals surface area contributed by atoms with E-state index in [1.165, 1.54) is 0 Å². The van der Waals surface area contributed by atoms with Crippen molar-refractivity contribution in [3.05, 3.63) is 36.0 Å². The molecule has 0 radical (unpaired) electrons. The van der Waals surface area contributed by atoms with Gasteiger partial charge in [0.05, 0.1) is 19.0 Å². The number of pyridine rings is 1. The van der Waals surface area contributed by atoms with Crippen LogP contribution < -0.4 is 4.74 Å². The van der Waals surface area contributed by atoms with Crippen LogP contribution in [0.5, 0.6) is 5.75 Å². The number of methoxy groups -OCH3 is 1. The van der Waals surface area contributed by atoms with Gasteiger partial charge >= 0.3 is 5.97 Å². The SMILES string of the molecule is COc1ccc2nc(CCC(=O)OC(C)(C)C)ccc2c1. The first kappa shape index (κ1) is 15.3. The van der Waals surface area contributed by atoms with Gasteiger partial charge in [-0.05, 0) is 45.0 Å². The van der Waals surface area contributed by atoms with Crippen molar-refractivity contribution in [1.82, 2.24) is 4.98 Å². The molecule has 4 nitrogen and oxygen atoms in total. The highest BCUT2D eigenvalue weighted by Crippen LogP contribution is 2.20. The smallest absolute Gasteiger partial charge is 0.306 e. The second-order valence-electron chi connectivity index (χ2n) is 5.95. The van der Waals surface area contributed by atoms with Gasteiger partial charge in [0.15, 0.2) is 0 Å². The van der Waals surface area contributed by atoms with E-state index in [0.29, 0.717) is 12.8 Å². The first-order chi connectivity index (χ1) is 9.87. The summed E-state index contributed by atoms with van der Waals surface area (Å²) in [4.78, 5) is 16.3. The molecule has 0 saturated carbocycles. The van der Waals surface area contributed by atoms with E-state index in [2.05, 4.69) is 4.98 Å². The van der Waals surface area contributed by atoms with E-state index >= 15 is 0 Å². The number of fused-ring (bicyclic) bond motifs is 1. The van der Waals surface area contributed by atoms with Crippen molar-refractivity contribution in [3.63, 3.8) is 0 Å². The van der Waals surface area contributed by atoms with E-state index in [1.807, 2.05) is 51.1 Å². The lowest BCUT2D eigenvalue weighted by atomic mass is 10.1. The largest absolute Gasteiger partial charge is 0.497 e. The highest BCUT2D eigenvalue weighted by molar-refractivity contribution is 5.80. The van der Waals surface area contributed by atoms with Crippen LogP contribution in [-0.2, 0) is 16.0 Å². The Morgan fingerprint density at radius 2 is 1.95 bits per heavy atom. The Labute approximate surface area is 125 Å². The van der Waals surface area contributed by atoms with Crippen LogP contribution in [0, 0.1) is 0 Å². The minimum Gasteiger partial charge on any atom is -0.497 e. The summed E-state index contributed by atoms with van der Waals surface area (Å²) in [7, 11) is 1.64. The molecule has 1 aromatic heterocycles. The van der Waals surface area contributed by atoms with Crippen LogP contribution in [0.2, 0.25) is 0 Å². The molecule has 1 aromatic carbocycles. The standard InChI is InChI=1S/C17H21NO3/c1-17(2,3)21-16(19)10-7-13-6-5-12-11-14(20-4)8-9-15(12)18-13/h5-6,8-9,11H,7,10H2,1-4H3. The Morgan fingerprint density at radius 1 is 1.19 bits per heavy atom. The van der Waals surface area contributed by atoms with E-state index in [4.69, 9.17) is 9.47 Å². The Bertz CT molecular complexity index is 644. The number of ether oxygens (including phenoxy) is 2. The Hall–Kier alpha value is -2.10. The highest BCUT2D eigenvalue weighted by atomic mass is 16.6. The van der Waals surface area contributed by atoms with Crippen LogP contribution in [0.3, 0.4) is 0 Å². The second kappa shape index (κ2) is 6.12. The molecule has 1 heterocycles. The van der Waals surface area contributed by atoms with E-state index in [-0.39, 0.29) is 5.97 Å². The highest BCUT2D eigenvalue weighted by Gasteiger charge is 2.16. The van der Waals surface area contributed by atoms with Gasteiger partial charge in [-0.25, -0.2) is 0 Å². The van der Waals surface area contributed by atoms with Crippen molar-refractivity contribution in [2.45, 2.75) is 39.2 Å². The van der Waals surface area contributed by atoms with Crippen LogP contribution >= 0.6 is 0 Å². The van der Waals surface area contributed by atoms with E-state index < -0.39 is 5.60 Å². The lowest BCUT2D eigenvalue weighted by Gasteiger charge is -2.19. The molecule has 0 fully saturated rings. The summed E-state index contributed by atoms with van der Waals surface area (Å²) in [6, 6.07) is 9.68. The third-order valence-electron chi connectivity index (χ3n) is 2.96. The summed E-state index contributed by atoms with van der Waals surface area (Å²) in [6.07, 6.45) is 0.919. The first-order valence-electron chi connectivity index (χ1n) is 7.03. The average Bonchev–Trinajstić information content (AvgIpc) is 2.42. The second-order valence-corrected chi connectivity index (χ2v) is 5.95. The van der Waals surface area contributed by atoms with Crippen LogP contribution in [0.4, 0.5) is 0 Å². The van der Waals surface area contributed by atoms with Gasteiger partial charge in [0.2, 0.25) is 0 Å². The van der Waals surface area contributed by atoms with Crippen molar-refractivity contribution in [1.29, 1.82) is 0 Å². The van der Waals surface area contributed by atoms with E-state index in [1.54, 1.807) is 7.11 Å². The number of nitrogens with zero attached hydrogens (tertiary/aromatic N) is 1. The molecular weight excluding hydrogens is 266 g/mol. The van der Waals surface area contributed by atoms with Gasteiger partial charge in [0.1, 0.15) is 11.4 Å². The molecule has 0 saturated heterocycles. The van der Waals surface area contributed by atoms with Crippen molar-refractivity contribution < 1.29 is 14.3 Å². The van der Waals surface area contributed by atoms with Gasteiger partial charge in [-0.2, -0.15) is 0 Å². The Kier molecular flexibility index (Phi) is 4.46. The molecule has 0 N–H and O–H groups in total. The number of rotatable bonds is 4. The van der Waals surface area contributed by atoms with Crippen molar-refractivity contribution in [2.24, 2.45) is 0 Å². The van der Waals surface area contributed by atoms with Gasteiger partial charge in [0.25, 0.3) is 0 Å². The summed E-state index contributed by atoms with van der Waals surface area (Å²) in [6.45, 7) is 5.60. The molecule has 0 aliphatic carbocycles. The third-order valence-corrected chi connectivity index (χ3v) is 2.96. The number of esters is 1. The summed E-state index contributed by atoms with van der Waals surface area (Å²) < 4.78 is 10.5. The predicted octanol–water partition coefficient (Wildman–Crippen LogP) is 3.52. The minimum atomic E-state index is -0.440. The van der Waals surface area contributed by atoms with Gasteiger partial charge in [0, 0.05) is 17.5 Å².